The van der Waals surface area contributed by atoms with Gasteiger partial charge < -0.3 is 40.3 Å². The lowest BCUT2D eigenvalue weighted by Gasteiger charge is -2.36. The van der Waals surface area contributed by atoms with Gasteiger partial charge in [-0.1, -0.05) is 123 Å². The molecule has 17 heteroatoms. The number of benzene rings is 7. The van der Waals surface area contributed by atoms with E-state index in [0.717, 1.165) is 126 Å². The van der Waals surface area contributed by atoms with E-state index in [4.69, 9.17) is 24.7 Å². The maximum Gasteiger partial charge on any atom is 0.251 e. The number of hydrogen-bond donors (Lipinski definition) is 3. The summed E-state index contributed by atoms with van der Waals surface area (Å²) in [5, 5.41) is 13.6. The maximum atomic E-state index is 13.5. The molecule has 3 aliphatic rings. The van der Waals surface area contributed by atoms with Gasteiger partial charge >= 0.3 is 0 Å². The van der Waals surface area contributed by atoms with Gasteiger partial charge in [0.25, 0.3) is 5.92 Å². The molecule has 6 heterocycles. The first kappa shape index (κ1) is 59.5. The molecule has 0 unspecified atom stereocenters. The first-order chi connectivity index (χ1) is 42.6. The normalized spacial score (nSPS) is 15.1. The lowest BCUT2D eigenvalue weighted by molar-refractivity contribution is -0.0222. The lowest BCUT2D eigenvalue weighted by atomic mass is 9.84. The monoisotopic (exact) mass is 1170 g/mol. The Bertz CT molecular complexity index is 3820. The molecule has 3 saturated heterocycles. The number of para-hydroxylation sites is 3. The van der Waals surface area contributed by atoms with Gasteiger partial charge in [0.1, 0.15) is 29.0 Å². The standard InChI is InChI=1S/C26H27N5O.C24H30N4.C20H19F3N4/c1-32-22-13-11-21(12-14-22)30-15-17-31(18-16-30)26-28-24-10-6-5-9-23(24)25(29-26)27-19-20-7-3-2-4-8-20;1-3-24(4-2,19-13-7-5-8-14-19)27-22-20-15-9-10-16-21(20)25-23(26-22)28-17-11-6-12-18-28;21-15-7-5-14(6-8-15)13-24-18-16-3-1-2-4-17(16)25-19(26-18)27-11-9-20(22,23)10-12-27/h2-14H,15-19H2,1H3,(H,27,28,29);5,7-10,13-16H,3-4,6,11-12,17-18H2,1-2H3,(H,25,26,27);1-8H,9-13H2,(H,24,25,26). The first-order valence-corrected chi connectivity index (χ1v) is 30.5. The molecular formula is C70H76F3N13O. The molecule has 0 atom stereocenters. The average Bonchev–Trinajstić information content (AvgIpc) is 2.06. The van der Waals surface area contributed by atoms with Crippen molar-refractivity contribution in [2.45, 2.75) is 83.3 Å². The van der Waals surface area contributed by atoms with E-state index < -0.39 is 5.92 Å². The average molecular weight is 1170 g/mol. The highest BCUT2D eigenvalue weighted by Crippen LogP contribution is 2.37. The summed E-state index contributed by atoms with van der Waals surface area (Å²) in [7, 11) is 1.69. The summed E-state index contributed by atoms with van der Waals surface area (Å²) in [5.41, 5.74) is 7.25. The predicted octanol–water partition coefficient (Wildman–Crippen LogP) is 14.9. The first-order valence-electron chi connectivity index (χ1n) is 30.5. The summed E-state index contributed by atoms with van der Waals surface area (Å²) in [4.78, 5) is 37.7. The van der Waals surface area contributed by atoms with E-state index in [1.165, 1.54) is 48.2 Å². The molecule has 3 fully saturated rings. The number of nitrogens with one attached hydrogen (secondary N) is 3. The van der Waals surface area contributed by atoms with E-state index >= 15 is 0 Å². The molecule has 10 aromatic rings. The fourth-order valence-electron chi connectivity index (χ4n) is 11.5. The topological polar surface area (TPSA) is 136 Å². The number of aromatic nitrogens is 6. The third kappa shape index (κ3) is 14.7. The Morgan fingerprint density at radius 1 is 0.448 bits per heavy atom. The molecule has 13 rings (SSSR count). The Kier molecular flexibility index (Phi) is 19.0. The van der Waals surface area contributed by atoms with Crippen LogP contribution in [0.4, 0.5) is 54.2 Å². The number of piperazine rings is 1. The Morgan fingerprint density at radius 3 is 1.38 bits per heavy atom. The van der Waals surface area contributed by atoms with Crippen LogP contribution in [-0.2, 0) is 18.6 Å². The zero-order chi connectivity index (χ0) is 60.0. The SMILES string of the molecule is CCC(CC)(Nc1nc(N2CCCCC2)nc2ccccc12)c1ccccc1.COc1ccc(N2CCN(c3nc(NCc4ccccc4)c4ccccc4n3)CC2)cc1.Fc1ccc(CNc2nc(N3CCC(F)(F)CC3)nc3ccccc23)cc1. The zero-order valence-corrected chi connectivity index (χ0v) is 49.9. The Balaban J connectivity index is 0.000000136. The number of ether oxygens (including phenoxy) is 1. The summed E-state index contributed by atoms with van der Waals surface area (Å²) >= 11 is 0. The van der Waals surface area contributed by atoms with Crippen molar-refractivity contribution in [3.05, 3.63) is 204 Å². The highest BCUT2D eigenvalue weighted by Gasteiger charge is 2.35. The number of piperidine rings is 2. The Labute approximate surface area is 507 Å². The minimum atomic E-state index is -2.61. The highest BCUT2D eigenvalue weighted by atomic mass is 19.3. The minimum Gasteiger partial charge on any atom is -0.497 e. The number of methoxy groups -OCH3 is 1. The van der Waals surface area contributed by atoms with Crippen LogP contribution in [-0.4, -0.2) is 95.3 Å². The molecule has 0 bridgehead atoms. The van der Waals surface area contributed by atoms with Crippen LogP contribution in [0.3, 0.4) is 0 Å². The van der Waals surface area contributed by atoms with Crippen LogP contribution in [0.5, 0.6) is 5.75 Å². The smallest absolute Gasteiger partial charge is 0.251 e. The molecule has 87 heavy (non-hydrogen) atoms. The summed E-state index contributed by atoms with van der Waals surface area (Å²) in [6.07, 6.45) is 5.34. The van der Waals surface area contributed by atoms with Gasteiger partial charge in [-0.05, 0) is 122 Å². The van der Waals surface area contributed by atoms with Crippen molar-refractivity contribution >= 4 is 73.7 Å². The minimum absolute atomic E-state index is 0.141. The van der Waals surface area contributed by atoms with Crippen LogP contribution in [0.15, 0.2) is 182 Å². The molecule has 0 aliphatic carbocycles. The van der Waals surface area contributed by atoms with E-state index in [0.29, 0.717) is 18.3 Å². The van der Waals surface area contributed by atoms with Crippen LogP contribution in [0.1, 0.15) is 75.5 Å². The van der Waals surface area contributed by atoms with Crippen molar-refractivity contribution in [2.75, 3.05) is 95.0 Å². The van der Waals surface area contributed by atoms with Crippen molar-refractivity contribution in [3.63, 3.8) is 0 Å². The largest absolute Gasteiger partial charge is 0.497 e. The summed E-state index contributed by atoms with van der Waals surface area (Å²) < 4.78 is 45.3. The van der Waals surface area contributed by atoms with Crippen LogP contribution in [0.2, 0.25) is 0 Å². The van der Waals surface area contributed by atoms with Gasteiger partial charge in [0, 0.05) is 100 Å². The quantitative estimate of drug-likeness (QED) is 0.0847. The van der Waals surface area contributed by atoms with Crippen LogP contribution >= 0.6 is 0 Å². The van der Waals surface area contributed by atoms with E-state index in [9.17, 15) is 13.2 Å². The summed E-state index contributed by atoms with van der Waals surface area (Å²) in [6, 6.07) is 59.8. The van der Waals surface area contributed by atoms with Crippen LogP contribution in [0, 0.1) is 5.82 Å². The molecule has 448 valence electrons. The number of anilines is 7. The lowest BCUT2D eigenvalue weighted by Crippen LogP contribution is -2.47. The van der Waals surface area contributed by atoms with Gasteiger partial charge in [-0.3, -0.25) is 0 Å². The fourth-order valence-corrected chi connectivity index (χ4v) is 11.5. The zero-order valence-electron chi connectivity index (χ0n) is 49.9. The number of hydrogen-bond acceptors (Lipinski definition) is 14. The highest BCUT2D eigenvalue weighted by molar-refractivity contribution is 5.92. The molecule has 0 radical (unpaired) electrons. The van der Waals surface area contributed by atoms with E-state index in [1.54, 1.807) is 24.1 Å². The number of rotatable bonds is 16. The molecular weight excluding hydrogens is 1100 g/mol. The second-order valence-electron chi connectivity index (χ2n) is 22.3. The molecule has 3 aromatic heterocycles. The Hall–Kier alpha value is -9.25. The number of halogens is 3. The third-order valence-electron chi connectivity index (χ3n) is 16.8. The predicted molar refractivity (Wildman–Crippen MR) is 348 cm³/mol. The van der Waals surface area contributed by atoms with Crippen molar-refractivity contribution in [2.24, 2.45) is 0 Å². The number of fused-ring (bicyclic) bond motifs is 3. The third-order valence-corrected chi connectivity index (χ3v) is 16.8. The van der Waals surface area contributed by atoms with Crippen molar-refractivity contribution in [1.29, 1.82) is 0 Å². The van der Waals surface area contributed by atoms with Crippen molar-refractivity contribution in [1.82, 2.24) is 29.9 Å². The van der Waals surface area contributed by atoms with Crippen molar-refractivity contribution in [3.8, 4) is 5.75 Å². The van der Waals surface area contributed by atoms with Crippen LogP contribution in [0.25, 0.3) is 32.7 Å². The summed E-state index contributed by atoms with van der Waals surface area (Å²) in [5.74, 6) is 2.54. The van der Waals surface area contributed by atoms with E-state index in [-0.39, 0.29) is 37.3 Å². The van der Waals surface area contributed by atoms with Gasteiger partial charge in [0.15, 0.2) is 0 Å². The van der Waals surface area contributed by atoms with Gasteiger partial charge in [0.2, 0.25) is 17.8 Å². The number of nitrogens with zero attached hydrogens (tertiary/aromatic N) is 10. The molecule has 14 nitrogen and oxygen atoms in total. The molecule has 0 saturated carbocycles. The van der Waals surface area contributed by atoms with Crippen molar-refractivity contribution < 1.29 is 17.9 Å². The molecule has 3 N–H and O–H groups in total. The second kappa shape index (κ2) is 27.9. The number of alkyl halides is 2. The van der Waals surface area contributed by atoms with Crippen LogP contribution < -0.4 is 40.3 Å². The molecule has 0 spiro atoms. The molecule has 7 aromatic carbocycles. The van der Waals surface area contributed by atoms with Gasteiger partial charge in [-0.25, -0.2) is 28.1 Å². The van der Waals surface area contributed by atoms with Gasteiger partial charge in [-0.2, -0.15) is 15.0 Å². The summed E-state index contributed by atoms with van der Waals surface area (Å²) in [6.45, 7) is 11.8. The molecule has 0 amide bonds. The molecule has 3 aliphatic heterocycles. The maximum absolute atomic E-state index is 13.5. The Morgan fingerprint density at radius 2 is 0.874 bits per heavy atom. The van der Waals surface area contributed by atoms with E-state index in [2.05, 4.69) is 158 Å². The van der Waals surface area contributed by atoms with E-state index in [1.807, 2.05) is 54.6 Å². The van der Waals surface area contributed by atoms with Gasteiger partial charge in [-0.15, -0.1) is 0 Å². The van der Waals surface area contributed by atoms with Gasteiger partial charge in [0.05, 0.1) is 29.2 Å². The second-order valence-corrected chi connectivity index (χ2v) is 22.3. The fraction of sp³-hybridized carbons (Fsp3) is 0.314.